The fourth-order valence-corrected chi connectivity index (χ4v) is 2.30. The zero-order valence-corrected chi connectivity index (χ0v) is 12.2. The Morgan fingerprint density at radius 3 is 2.12 bits per heavy atom. The van der Waals surface area contributed by atoms with E-state index in [-0.39, 0.29) is 11.3 Å². The van der Waals surface area contributed by atoms with Crippen LogP contribution in [0.5, 0.6) is 0 Å². The molecule has 0 amide bonds. The summed E-state index contributed by atoms with van der Waals surface area (Å²) < 4.78 is 42.5. The molecular weight excluding hydrogens is 321 g/mol. The first-order valence-electron chi connectivity index (χ1n) is 6.96. The topological polar surface area (TPSA) is 54.9 Å². The smallest absolute Gasteiger partial charge is 0.305 e. The van der Waals surface area contributed by atoms with Crippen molar-refractivity contribution in [2.45, 2.75) is 5.92 Å². The molecule has 0 unspecified atom stereocenters. The van der Waals surface area contributed by atoms with Crippen LogP contribution >= 0.6 is 0 Å². The van der Waals surface area contributed by atoms with Gasteiger partial charge in [-0.15, -0.1) is 0 Å². The standard InChI is InChI=1S/C17H11F3N2O2/c18-12-6-8-13(9-7-12)22-15(23)10-14(21-16(22)24)17(19,20)11-4-2-1-3-5-11/h1-10H,(H,21,24). The molecule has 0 bridgehead atoms. The molecule has 0 aliphatic carbocycles. The van der Waals surface area contributed by atoms with Gasteiger partial charge in [0.25, 0.3) is 5.56 Å². The van der Waals surface area contributed by atoms with E-state index < -0.39 is 28.7 Å². The van der Waals surface area contributed by atoms with Gasteiger partial charge in [0.1, 0.15) is 5.82 Å². The molecule has 0 aliphatic heterocycles. The van der Waals surface area contributed by atoms with Crippen molar-refractivity contribution < 1.29 is 13.2 Å². The Morgan fingerprint density at radius 2 is 1.54 bits per heavy atom. The lowest BCUT2D eigenvalue weighted by atomic mass is 10.1. The number of hydrogen-bond acceptors (Lipinski definition) is 2. The first-order valence-corrected chi connectivity index (χ1v) is 6.96. The fourth-order valence-electron chi connectivity index (χ4n) is 2.30. The molecule has 3 aromatic rings. The zero-order chi connectivity index (χ0) is 17.3. The van der Waals surface area contributed by atoms with E-state index in [1.54, 1.807) is 6.07 Å². The molecule has 0 spiro atoms. The van der Waals surface area contributed by atoms with Crippen LogP contribution in [0.15, 0.2) is 70.3 Å². The quantitative estimate of drug-likeness (QED) is 0.802. The normalized spacial score (nSPS) is 11.5. The van der Waals surface area contributed by atoms with Crippen molar-refractivity contribution >= 4 is 0 Å². The van der Waals surface area contributed by atoms with Crippen molar-refractivity contribution in [1.29, 1.82) is 0 Å². The fraction of sp³-hybridized carbons (Fsp3) is 0.0588. The average molecular weight is 332 g/mol. The number of halogens is 3. The Bertz CT molecular complexity index is 946. The summed E-state index contributed by atoms with van der Waals surface area (Å²) in [5.74, 6) is -4.07. The van der Waals surface area contributed by atoms with Crippen LogP contribution in [0.3, 0.4) is 0 Å². The molecule has 122 valence electrons. The number of benzene rings is 2. The molecule has 1 N–H and O–H groups in total. The van der Waals surface area contributed by atoms with Gasteiger partial charge >= 0.3 is 11.6 Å². The van der Waals surface area contributed by atoms with Gasteiger partial charge in [-0.25, -0.2) is 13.8 Å². The van der Waals surface area contributed by atoms with Crippen LogP contribution in [0.25, 0.3) is 5.69 Å². The summed E-state index contributed by atoms with van der Waals surface area (Å²) in [5.41, 5.74) is -3.03. The van der Waals surface area contributed by atoms with Gasteiger partial charge < -0.3 is 4.98 Å². The molecule has 1 aromatic heterocycles. The van der Waals surface area contributed by atoms with Crippen LogP contribution in [-0.4, -0.2) is 9.55 Å². The van der Waals surface area contributed by atoms with Gasteiger partial charge in [0.05, 0.1) is 11.4 Å². The number of nitrogens with zero attached hydrogens (tertiary/aromatic N) is 1. The first-order chi connectivity index (χ1) is 11.4. The SMILES string of the molecule is O=c1cc(C(F)(F)c2ccccc2)[nH]c(=O)n1-c1ccc(F)cc1. The molecule has 0 atom stereocenters. The van der Waals surface area contributed by atoms with Gasteiger partial charge in [0.2, 0.25) is 0 Å². The van der Waals surface area contributed by atoms with E-state index >= 15 is 0 Å². The van der Waals surface area contributed by atoms with E-state index in [4.69, 9.17) is 0 Å². The lowest BCUT2D eigenvalue weighted by Gasteiger charge is -2.17. The molecule has 0 saturated carbocycles. The largest absolute Gasteiger partial charge is 0.333 e. The van der Waals surface area contributed by atoms with Crippen LogP contribution in [0.1, 0.15) is 11.3 Å². The van der Waals surface area contributed by atoms with Crippen molar-refractivity contribution in [1.82, 2.24) is 9.55 Å². The maximum atomic E-state index is 14.5. The highest BCUT2D eigenvalue weighted by molar-refractivity contribution is 5.33. The van der Waals surface area contributed by atoms with Gasteiger partial charge in [0.15, 0.2) is 0 Å². The van der Waals surface area contributed by atoms with E-state index in [2.05, 4.69) is 0 Å². The molecule has 7 heteroatoms. The molecule has 2 aromatic carbocycles. The summed E-state index contributed by atoms with van der Waals surface area (Å²) in [5, 5.41) is 0. The first kappa shape index (κ1) is 15.8. The Morgan fingerprint density at radius 1 is 0.917 bits per heavy atom. The molecule has 0 radical (unpaired) electrons. The molecule has 4 nitrogen and oxygen atoms in total. The van der Waals surface area contributed by atoms with Crippen LogP contribution in [0.2, 0.25) is 0 Å². The second-order valence-electron chi connectivity index (χ2n) is 5.08. The highest BCUT2D eigenvalue weighted by atomic mass is 19.3. The number of aromatic nitrogens is 2. The van der Waals surface area contributed by atoms with Crippen molar-refractivity contribution in [3.05, 3.63) is 98.6 Å². The highest BCUT2D eigenvalue weighted by Gasteiger charge is 2.35. The summed E-state index contributed by atoms with van der Waals surface area (Å²) in [6.45, 7) is 0. The summed E-state index contributed by atoms with van der Waals surface area (Å²) in [6.07, 6.45) is 0. The molecule has 0 saturated heterocycles. The van der Waals surface area contributed by atoms with Gasteiger partial charge in [0, 0.05) is 11.6 Å². The number of H-pyrrole nitrogens is 1. The summed E-state index contributed by atoms with van der Waals surface area (Å²) in [6, 6.07) is 12.0. The van der Waals surface area contributed by atoms with Crippen molar-refractivity contribution in [3.63, 3.8) is 0 Å². The van der Waals surface area contributed by atoms with E-state index in [0.29, 0.717) is 10.6 Å². The van der Waals surface area contributed by atoms with Crippen molar-refractivity contribution in [2.75, 3.05) is 0 Å². The van der Waals surface area contributed by atoms with Gasteiger partial charge in [-0.2, -0.15) is 8.78 Å². The minimum atomic E-state index is -3.53. The minimum absolute atomic E-state index is 0.0808. The highest BCUT2D eigenvalue weighted by Crippen LogP contribution is 2.33. The molecule has 0 aliphatic rings. The predicted molar refractivity (Wildman–Crippen MR) is 82.1 cm³/mol. The lowest BCUT2D eigenvalue weighted by molar-refractivity contribution is 0.0373. The van der Waals surface area contributed by atoms with E-state index in [0.717, 1.165) is 12.1 Å². The Hall–Kier alpha value is -3.09. The van der Waals surface area contributed by atoms with Crippen LogP contribution in [0.4, 0.5) is 13.2 Å². The van der Waals surface area contributed by atoms with E-state index in [1.165, 1.54) is 36.4 Å². The minimum Gasteiger partial charge on any atom is -0.305 e. The monoisotopic (exact) mass is 332 g/mol. The number of alkyl halides is 2. The number of rotatable bonds is 3. The van der Waals surface area contributed by atoms with E-state index in [1.807, 2.05) is 4.98 Å². The average Bonchev–Trinajstić information content (AvgIpc) is 2.56. The van der Waals surface area contributed by atoms with Gasteiger partial charge in [-0.05, 0) is 24.3 Å². The summed E-state index contributed by atoms with van der Waals surface area (Å²) in [4.78, 5) is 26.3. The molecule has 24 heavy (non-hydrogen) atoms. The third kappa shape index (κ3) is 2.76. The number of hydrogen-bond donors (Lipinski definition) is 1. The van der Waals surface area contributed by atoms with Gasteiger partial charge in [-0.1, -0.05) is 30.3 Å². The molecule has 3 rings (SSSR count). The Labute approximate surface area is 133 Å². The maximum absolute atomic E-state index is 14.5. The lowest BCUT2D eigenvalue weighted by Crippen LogP contribution is -2.36. The summed E-state index contributed by atoms with van der Waals surface area (Å²) in [7, 11) is 0. The van der Waals surface area contributed by atoms with Crippen LogP contribution in [-0.2, 0) is 5.92 Å². The van der Waals surface area contributed by atoms with E-state index in [9.17, 15) is 22.8 Å². The van der Waals surface area contributed by atoms with Crippen molar-refractivity contribution in [3.8, 4) is 5.69 Å². The van der Waals surface area contributed by atoms with Gasteiger partial charge in [-0.3, -0.25) is 4.79 Å². The zero-order valence-electron chi connectivity index (χ0n) is 12.2. The third-order valence-electron chi connectivity index (χ3n) is 3.49. The number of aromatic amines is 1. The summed E-state index contributed by atoms with van der Waals surface area (Å²) >= 11 is 0. The Kier molecular flexibility index (Phi) is 3.84. The maximum Gasteiger partial charge on any atom is 0.333 e. The predicted octanol–water partition coefficient (Wildman–Crippen LogP) is 2.80. The molecule has 1 heterocycles. The molecule has 0 fully saturated rings. The Balaban J connectivity index is 2.13. The van der Waals surface area contributed by atoms with Crippen LogP contribution in [0, 0.1) is 5.82 Å². The van der Waals surface area contributed by atoms with Crippen molar-refractivity contribution in [2.24, 2.45) is 0 Å². The second kappa shape index (κ2) is 5.84. The molecular formula is C17H11F3N2O2. The number of nitrogens with one attached hydrogen (secondary N) is 1. The third-order valence-corrected chi connectivity index (χ3v) is 3.49. The second-order valence-corrected chi connectivity index (χ2v) is 5.08. The van der Waals surface area contributed by atoms with Crippen LogP contribution < -0.4 is 11.2 Å².